The monoisotopic (exact) mass is 430 g/mol. The molecule has 3 aromatic carbocycles. The van der Waals surface area contributed by atoms with Crippen LogP contribution >= 0.6 is 0 Å². The van der Waals surface area contributed by atoms with Crippen LogP contribution in [-0.4, -0.2) is 23.6 Å². The first-order valence-corrected chi connectivity index (χ1v) is 9.01. The number of nitrogens with two attached hydrogens (primary N) is 1. The van der Waals surface area contributed by atoms with Crippen LogP contribution in [0.25, 0.3) is 11.1 Å². The minimum Gasteiger partial charge on any atom is -0.479 e. The van der Waals surface area contributed by atoms with Gasteiger partial charge in [-0.3, -0.25) is 4.79 Å². The Balaban J connectivity index is 1.90. The van der Waals surface area contributed by atoms with Gasteiger partial charge >= 0.3 is 5.97 Å². The molecule has 0 saturated heterocycles. The number of halogens is 3. The fourth-order valence-corrected chi connectivity index (χ4v) is 2.91. The van der Waals surface area contributed by atoms with Gasteiger partial charge in [-0.2, -0.15) is 0 Å². The van der Waals surface area contributed by atoms with Crippen LogP contribution < -0.4 is 15.8 Å². The summed E-state index contributed by atoms with van der Waals surface area (Å²) in [7, 11) is 0. The molecule has 0 atom stereocenters. The van der Waals surface area contributed by atoms with Crippen molar-refractivity contribution in [3.05, 3.63) is 83.2 Å². The lowest BCUT2D eigenvalue weighted by Crippen LogP contribution is -2.13. The van der Waals surface area contributed by atoms with Crippen LogP contribution in [0.4, 0.5) is 18.9 Å². The molecular weight excluding hydrogens is 413 g/mol. The summed E-state index contributed by atoms with van der Waals surface area (Å²) in [6.07, 6.45) is 0. The Bertz CT molecular complexity index is 1150. The number of carboxylic acid groups (broad SMARTS) is 1. The highest BCUT2D eigenvalue weighted by Crippen LogP contribution is 2.29. The molecule has 0 bridgehead atoms. The minimum absolute atomic E-state index is 0.111. The number of primary amides is 1. The van der Waals surface area contributed by atoms with Gasteiger partial charge in [-0.15, -0.1) is 0 Å². The Kier molecular flexibility index (Phi) is 6.44. The lowest BCUT2D eigenvalue weighted by Gasteiger charge is -2.14. The molecule has 0 fully saturated rings. The summed E-state index contributed by atoms with van der Waals surface area (Å²) in [6.45, 7) is -0.903. The molecule has 0 radical (unpaired) electrons. The van der Waals surface area contributed by atoms with Crippen molar-refractivity contribution in [3.8, 4) is 16.9 Å². The van der Waals surface area contributed by atoms with Crippen molar-refractivity contribution in [2.45, 2.75) is 6.54 Å². The molecule has 0 aliphatic heterocycles. The Morgan fingerprint density at radius 1 is 1.00 bits per heavy atom. The Morgan fingerprint density at radius 3 is 2.45 bits per heavy atom. The molecule has 9 heteroatoms. The lowest BCUT2D eigenvalue weighted by molar-refractivity contribution is -0.139. The molecule has 1 amide bonds. The molecule has 0 saturated carbocycles. The number of amides is 1. The molecule has 6 nitrogen and oxygen atoms in total. The van der Waals surface area contributed by atoms with E-state index in [-0.39, 0.29) is 12.1 Å². The molecular formula is C22H17F3N2O4. The number of aliphatic carboxylic acids is 1. The van der Waals surface area contributed by atoms with Crippen molar-refractivity contribution in [2.24, 2.45) is 5.73 Å². The largest absolute Gasteiger partial charge is 0.479 e. The predicted molar refractivity (Wildman–Crippen MR) is 107 cm³/mol. The van der Waals surface area contributed by atoms with Gasteiger partial charge in [0.15, 0.2) is 18.2 Å². The molecule has 0 aliphatic carbocycles. The van der Waals surface area contributed by atoms with E-state index in [0.29, 0.717) is 16.7 Å². The van der Waals surface area contributed by atoms with E-state index < -0.39 is 47.4 Å². The molecule has 4 N–H and O–H groups in total. The summed E-state index contributed by atoms with van der Waals surface area (Å²) in [5, 5.41) is 11.2. The normalized spacial score (nSPS) is 10.5. The van der Waals surface area contributed by atoms with Gasteiger partial charge in [0.25, 0.3) is 0 Å². The van der Waals surface area contributed by atoms with E-state index in [9.17, 15) is 22.8 Å². The van der Waals surface area contributed by atoms with Crippen LogP contribution in [0.15, 0.2) is 54.6 Å². The fourth-order valence-electron chi connectivity index (χ4n) is 2.91. The number of nitrogens with one attached hydrogen (secondary N) is 1. The first-order valence-electron chi connectivity index (χ1n) is 9.01. The van der Waals surface area contributed by atoms with Gasteiger partial charge in [-0.25, -0.2) is 18.0 Å². The van der Waals surface area contributed by atoms with Crippen molar-refractivity contribution >= 4 is 17.6 Å². The van der Waals surface area contributed by atoms with Crippen LogP contribution in [0.1, 0.15) is 15.9 Å². The number of anilines is 1. The SMILES string of the molecule is NC(=O)c1cc(CNc2c(F)ccc(OCC(=O)O)c2F)cc(-c2cccc(F)c2)c1. The van der Waals surface area contributed by atoms with Crippen molar-refractivity contribution in [3.63, 3.8) is 0 Å². The molecule has 3 rings (SSSR count). The third-order valence-electron chi connectivity index (χ3n) is 4.31. The highest BCUT2D eigenvalue weighted by molar-refractivity contribution is 5.94. The number of hydrogen-bond donors (Lipinski definition) is 3. The average molecular weight is 430 g/mol. The Morgan fingerprint density at radius 2 is 1.77 bits per heavy atom. The standard InChI is InChI=1S/C22H17F3N2O4/c23-16-3-1-2-13(9-16)14-6-12(7-15(8-14)22(26)30)10-27-21-17(24)4-5-18(20(21)25)31-11-19(28)29/h1-9,27H,10-11H2,(H2,26,30)(H,28,29). The molecule has 0 aromatic heterocycles. The molecule has 160 valence electrons. The van der Waals surface area contributed by atoms with Crippen LogP contribution in [0.3, 0.4) is 0 Å². The summed E-state index contributed by atoms with van der Waals surface area (Å²) in [5.41, 5.74) is 6.42. The molecule has 0 aliphatic rings. The third-order valence-corrected chi connectivity index (χ3v) is 4.31. The summed E-state index contributed by atoms with van der Waals surface area (Å²) in [6, 6.07) is 12.2. The van der Waals surface area contributed by atoms with E-state index in [2.05, 4.69) is 5.32 Å². The second-order valence-electron chi connectivity index (χ2n) is 6.56. The van der Waals surface area contributed by atoms with Crippen molar-refractivity contribution in [1.29, 1.82) is 0 Å². The average Bonchev–Trinajstić information content (AvgIpc) is 2.72. The maximum Gasteiger partial charge on any atom is 0.341 e. The topological polar surface area (TPSA) is 102 Å². The summed E-state index contributed by atoms with van der Waals surface area (Å²) >= 11 is 0. The molecule has 0 heterocycles. The van der Waals surface area contributed by atoms with Crippen LogP contribution in [0.2, 0.25) is 0 Å². The number of rotatable bonds is 8. The molecule has 3 aromatic rings. The van der Waals surface area contributed by atoms with E-state index >= 15 is 0 Å². The van der Waals surface area contributed by atoms with Gasteiger partial charge in [-0.1, -0.05) is 12.1 Å². The molecule has 31 heavy (non-hydrogen) atoms. The van der Waals surface area contributed by atoms with Crippen molar-refractivity contribution in [1.82, 2.24) is 0 Å². The lowest BCUT2D eigenvalue weighted by atomic mass is 9.99. The molecule has 0 spiro atoms. The first-order chi connectivity index (χ1) is 14.7. The maximum atomic E-state index is 14.5. The van der Waals surface area contributed by atoms with Gasteiger partial charge in [0.2, 0.25) is 5.91 Å². The fraction of sp³-hybridized carbons (Fsp3) is 0.0909. The third kappa shape index (κ3) is 5.33. The quantitative estimate of drug-likeness (QED) is 0.502. The Hall–Kier alpha value is -4.01. The zero-order valence-electron chi connectivity index (χ0n) is 16.0. The second-order valence-corrected chi connectivity index (χ2v) is 6.56. The number of ether oxygens (including phenoxy) is 1. The van der Waals surface area contributed by atoms with Crippen LogP contribution in [-0.2, 0) is 11.3 Å². The van der Waals surface area contributed by atoms with Crippen molar-refractivity contribution < 1.29 is 32.6 Å². The number of hydrogen-bond acceptors (Lipinski definition) is 4. The van der Waals surface area contributed by atoms with E-state index in [1.165, 1.54) is 30.3 Å². The summed E-state index contributed by atoms with van der Waals surface area (Å²) in [5.74, 6) is -4.96. The summed E-state index contributed by atoms with van der Waals surface area (Å²) < 4.78 is 47.1. The van der Waals surface area contributed by atoms with E-state index in [1.54, 1.807) is 12.1 Å². The number of carbonyl (C=O) groups is 2. The van der Waals surface area contributed by atoms with Gasteiger partial charge in [0.05, 0.1) is 0 Å². The van der Waals surface area contributed by atoms with Gasteiger partial charge in [-0.05, 0) is 59.2 Å². The van der Waals surface area contributed by atoms with Crippen molar-refractivity contribution in [2.75, 3.05) is 11.9 Å². The molecule has 0 unspecified atom stereocenters. The van der Waals surface area contributed by atoms with Gasteiger partial charge in [0.1, 0.15) is 17.3 Å². The first kappa shape index (κ1) is 21.7. The van der Waals surface area contributed by atoms with E-state index in [0.717, 1.165) is 12.1 Å². The van der Waals surface area contributed by atoms with Gasteiger partial charge < -0.3 is 20.9 Å². The zero-order chi connectivity index (χ0) is 22.5. The van der Waals surface area contributed by atoms with E-state index in [4.69, 9.17) is 15.6 Å². The van der Waals surface area contributed by atoms with Crippen LogP contribution in [0, 0.1) is 17.5 Å². The zero-order valence-corrected chi connectivity index (χ0v) is 16.0. The highest BCUT2D eigenvalue weighted by atomic mass is 19.1. The van der Waals surface area contributed by atoms with Gasteiger partial charge in [0, 0.05) is 12.1 Å². The minimum atomic E-state index is -1.31. The highest BCUT2D eigenvalue weighted by Gasteiger charge is 2.16. The smallest absolute Gasteiger partial charge is 0.341 e. The number of carboxylic acids is 1. The summed E-state index contributed by atoms with van der Waals surface area (Å²) in [4.78, 5) is 22.3. The predicted octanol–water partition coefficient (Wildman–Crippen LogP) is 3.95. The Labute approximate surface area is 175 Å². The number of benzene rings is 3. The second kappa shape index (κ2) is 9.21. The van der Waals surface area contributed by atoms with Crippen LogP contribution in [0.5, 0.6) is 5.75 Å². The number of carbonyl (C=O) groups excluding carboxylic acids is 1. The van der Waals surface area contributed by atoms with E-state index in [1.807, 2.05) is 0 Å². The maximum absolute atomic E-state index is 14.5.